The molecule has 0 saturated carbocycles. The molecule has 34 heavy (non-hydrogen) atoms. The van der Waals surface area contributed by atoms with Gasteiger partial charge in [0.1, 0.15) is 0 Å². The Labute approximate surface area is 195 Å². The summed E-state index contributed by atoms with van der Waals surface area (Å²) in [7, 11) is 0. The van der Waals surface area contributed by atoms with E-state index in [1.807, 2.05) is 114 Å². The van der Waals surface area contributed by atoms with Gasteiger partial charge in [0, 0.05) is 11.3 Å². The van der Waals surface area contributed by atoms with Crippen molar-refractivity contribution in [3.8, 4) is 5.69 Å². The molecule has 1 unspecified atom stereocenters. The summed E-state index contributed by atoms with van der Waals surface area (Å²) >= 11 is 0. The fourth-order valence-electron chi connectivity index (χ4n) is 4.96. The normalized spacial score (nSPS) is 18.0. The van der Waals surface area contributed by atoms with Crippen LogP contribution in [0.15, 0.2) is 119 Å². The van der Waals surface area contributed by atoms with Crippen LogP contribution < -0.4 is 10.5 Å². The molecule has 162 valence electrons. The summed E-state index contributed by atoms with van der Waals surface area (Å²) in [4.78, 5) is 27.1. The highest BCUT2D eigenvalue weighted by Crippen LogP contribution is 2.50. The molecule has 1 aromatic heterocycles. The molecule has 3 heterocycles. The van der Waals surface area contributed by atoms with Gasteiger partial charge in [0.25, 0.3) is 5.56 Å². The molecule has 0 radical (unpaired) electrons. The topological polar surface area (TPSA) is 59.7 Å². The van der Waals surface area contributed by atoms with Gasteiger partial charge in [-0.25, -0.2) is 4.98 Å². The first kappa shape index (κ1) is 18.8. The van der Waals surface area contributed by atoms with Crippen LogP contribution in [0, 0.1) is 0 Å². The Morgan fingerprint density at radius 1 is 0.735 bits per heavy atom. The van der Waals surface area contributed by atoms with Crippen LogP contribution in [-0.4, -0.2) is 15.4 Å². The molecule has 7 rings (SSSR count). The fraction of sp³-hybridized carbons (Fsp3) is 0.0357. The summed E-state index contributed by atoms with van der Waals surface area (Å²) in [5, 5.41) is 5.16. The van der Waals surface area contributed by atoms with Crippen molar-refractivity contribution in [2.75, 3.05) is 4.90 Å². The Balaban J connectivity index is 1.59. The molecule has 5 aromatic rings. The SMILES string of the molecule is O=c1c2ccccc2nc2n1-c1ccccc1C21ON=C(c2ccccc2)N1c1ccccc1. The number of rotatable bonds is 2. The van der Waals surface area contributed by atoms with Gasteiger partial charge in [-0.3, -0.25) is 14.3 Å². The third-order valence-electron chi connectivity index (χ3n) is 6.43. The monoisotopic (exact) mass is 442 g/mol. The number of hydrogen-bond acceptors (Lipinski definition) is 5. The molecular weight excluding hydrogens is 424 g/mol. The van der Waals surface area contributed by atoms with E-state index in [1.165, 1.54) is 0 Å². The zero-order chi connectivity index (χ0) is 22.7. The van der Waals surface area contributed by atoms with Crippen molar-refractivity contribution >= 4 is 22.4 Å². The van der Waals surface area contributed by atoms with E-state index in [1.54, 1.807) is 4.57 Å². The van der Waals surface area contributed by atoms with E-state index in [2.05, 4.69) is 5.16 Å². The molecule has 2 aliphatic heterocycles. The fourth-order valence-corrected chi connectivity index (χ4v) is 4.96. The Morgan fingerprint density at radius 2 is 1.41 bits per heavy atom. The lowest BCUT2D eigenvalue weighted by Gasteiger charge is -2.34. The Bertz CT molecular complexity index is 1660. The van der Waals surface area contributed by atoms with Crippen molar-refractivity contribution in [1.29, 1.82) is 0 Å². The first-order valence-corrected chi connectivity index (χ1v) is 11.1. The largest absolute Gasteiger partial charge is 0.351 e. The molecule has 6 heteroatoms. The third kappa shape index (κ3) is 2.37. The average molecular weight is 442 g/mol. The van der Waals surface area contributed by atoms with Gasteiger partial charge >= 0.3 is 5.72 Å². The molecule has 0 bridgehead atoms. The second-order valence-electron chi connectivity index (χ2n) is 8.30. The standard InChI is InChI=1S/C28H18N4O2/c33-26-21-15-7-9-17-23(21)29-27-28(22-16-8-10-18-24(22)31(26)27)32(20-13-5-2-6-14-20)25(30-34-28)19-11-3-1-4-12-19/h1-18H. The van der Waals surface area contributed by atoms with Crippen LogP contribution in [0.4, 0.5) is 5.69 Å². The first-order valence-electron chi connectivity index (χ1n) is 11.1. The maximum Gasteiger partial charge on any atom is 0.302 e. The van der Waals surface area contributed by atoms with Gasteiger partial charge in [0.2, 0.25) is 0 Å². The number of para-hydroxylation sites is 3. The van der Waals surface area contributed by atoms with E-state index in [0.717, 1.165) is 22.5 Å². The number of amidine groups is 1. The van der Waals surface area contributed by atoms with Crippen molar-refractivity contribution in [2.45, 2.75) is 5.72 Å². The minimum absolute atomic E-state index is 0.130. The summed E-state index contributed by atoms with van der Waals surface area (Å²) in [6.07, 6.45) is 0. The van der Waals surface area contributed by atoms with E-state index < -0.39 is 5.72 Å². The van der Waals surface area contributed by atoms with Gasteiger partial charge in [-0.05, 0) is 30.3 Å². The zero-order valence-corrected chi connectivity index (χ0v) is 18.0. The molecule has 0 fully saturated rings. The molecule has 2 aliphatic rings. The van der Waals surface area contributed by atoms with E-state index in [4.69, 9.17) is 9.82 Å². The van der Waals surface area contributed by atoms with Gasteiger partial charge in [-0.2, -0.15) is 0 Å². The molecule has 0 saturated heterocycles. The van der Waals surface area contributed by atoms with Crippen molar-refractivity contribution in [2.24, 2.45) is 5.16 Å². The number of anilines is 1. The molecule has 6 nitrogen and oxygen atoms in total. The lowest BCUT2D eigenvalue weighted by atomic mass is 9.99. The number of benzene rings is 4. The van der Waals surface area contributed by atoms with E-state index >= 15 is 0 Å². The summed E-state index contributed by atoms with van der Waals surface area (Å²) in [5.41, 5.74) is 2.60. The maximum atomic E-state index is 13.7. The second-order valence-corrected chi connectivity index (χ2v) is 8.30. The number of hydrogen-bond donors (Lipinski definition) is 0. The van der Waals surface area contributed by atoms with Crippen LogP contribution >= 0.6 is 0 Å². The molecule has 0 aliphatic carbocycles. The predicted octanol–water partition coefficient (Wildman–Crippen LogP) is 4.80. The Hall–Kier alpha value is -4.71. The number of fused-ring (bicyclic) bond motifs is 6. The minimum atomic E-state index is -1.23. The Kier molecular flexibility index (Phi) is 3.82. The maximum absolute atomic E-state index is 13.7. The lowest BCUT2D eigenvalue weighted by Crippen LogP contribution is -2.48. The van der Waals surface area contributed by atoms with Crippen LogP contribution in [0.1, 0.15) is 17.0 Å². The summed E-state index contributed by atoms with van der Waals surface area (Å²) in [5.74, 6) is 1.13. The minimum Gasteiger partial charge on any atom is -0.351 e. The number of aromatic nitrogens is 2. The van der Waals surface area contributed by atoms with E-state index in [0.29, 0.717) is 22.6 Å². The molecule has 1 spiro atoms. The highest BCUT2D eigenvalue weighted by Gasteiger charge is 2.58. The molecular formula is C28H18N4O2. The van der Waals surface area contributed by atoms with Crippen molar-refractivity contribution < 1.29 is 4.84 Å². The van der Waals surface area contributed by atoms with Gasteiger partial charge in [-0.1, -0.05) is 84.0 Å². The summed E-state index contributed by atoms with van der Waals surface area (Å²) < 4.78 is 1.66. The van der Waals surface area contributed by atoms with Crippen molar-refractivity contribution in [3.63, 3.8) is 0 Å². The number of nitrogens with zero attached hydrogens (tertiary/aromatic N) is 4. The van der Waals surface area contributed by atoms with E-state index in [-0.39, 0.29) is 5.56 Å². The lowest BCUT2D eigenvalue weighted by molar-refractivity contribution is 0.0102. The molecule has 0 amide bonds. The number of oxime groups is 1. The van der Waals surface area contributed by atoms with Gasteiger partial charge in [0.05, 0.1) is 22.2 Å². The predicted molar refractivity (Wildman–Crippen MR) is 131 cm³/mol. The van der Waals surface area contributed by atoms with Crippen LogP contribution in [0.5, 0.6) is 0 Å². The van der Waals surface area contributed by atoms with Crippen LogP contribution in [-0.2, 0) is 10.6 Å². The quantitative estimate of drug-likeness (QED) is 0.394. The van der Waals surface area contributed by atoms with Gasteiger partial charge in [-0.15, -0.1) is 0 Å². The van der Waals surface area contributed by atoms with Gasteiger partial charge in [0.15, 0.2) is 11.7 Å². The molecule has 1 atom stereocenters. The van der Waals surface area contributed by atoms with Crippen molar-refractivity contribution in [3.05, 3.63) is 136 Å². The smallest absolute Gasteiger partial charge is 0.302 e. The summed E-state index contributed by atoms with van der Waals surface area (Å²) in [6, 6.07) is 35.0. The Morgan fingerprint density at radius 3 is 2.24 bits per heavy atom. The second kappa shape index (κ2) is 6.89. The first-order chi connectivity index (χ1) is 16.8. The van der Waals surface area contributed by atoms with Gasteiger partial charge < -0.3 is 4.84 Å². The average Bonchev–Trinajstić information content (AvgIpc) is 3.43. The van der Waals surface area contributed by atoms with Crippen molar-refractivity contribution in [1.82, 2.24) is 9.55 Å². The highest BCUT2D eigenvalue weighted by molar-refractivity contribution is 6.12. The zero-order valence-electron chi connectivity index (χ0n) is 18.0. The van der Waals surface area contributed by atoms with Crippen LogP contribution in [0.3, 0.4) is 0 Å². The van der Waals surface area contributed by atoms with Crippen LogP contribution in [0.25, 0.3) is 16.6 Å². The summed E-state index contributed by atoms with van der Waals surface area (Å²) in [6.45, 7) is 0. The van der Waals surface area contributed by atoms with Crippen LogP contribution in [0.2, 0.25) is 0 Å². The highest BCUT2D eigenvalue weighted by atomic mass is 16.7. The molecule has 4 aromatic carbocycles. The van der Waals surface area contributed by atoms with E-state index in [9.17, 15) is 4.79 Å². The third-order valence-corrected chi connectivity index (χ3v) is 6.43. The molecule has 0 N–H and O–H groups in total.